The SMILES string of the molecule is Cc1cc(C)[nH+]c(C)c1.O=P([O-])(O)O. The Morgan fingerprint density at radius 3 is 1.71 bits per heavy atom. The molecule has 1 rings (SSSR count). The molecular formula is C8H14NO4P. The fraction of sp³-hybridized carbons (Fsp3) is 0.375. The van der Waals surface area contributed by atoms with Crippen LogP contribution in [-0.4, -0.2) is 9.79 Å². The van der Waals surface area contributed by atoms with E-state index in [1.54, 1.807) is 0 Å². The highest BCUT2D eigenvalue weighted by Gasteiger charge is 1.96. The third-order valence-electron chi connectivity index (χ3n) is 1.28. The Bertz CT molecular complexity index is 288. The lowest BCUT2D eigenvalue weighted by Gasteiger charge is -2.01. The molecule has 0 aliphatic rings. The number of phosphoric acid groups is 1. The fourth-order valence-electron chi connectivity index (χ4n) is 1.11. The summed E-state index contributed by atoms with van der Waals surface area (Å²) in [5, 5.41) is 0. The number of aromatic amines is 1. The third kappa shape index (κ3) is 9.35. The van der Waals surface area contributed by atoms with Gasteiger partial charge in [0.05, 0.1) is 0 Å². The predicted molar refractivity (Wildman–Crippen MR) is 49.3 cm³/mol. The highest BCUT2D eigenvalue weighted by Crippen LogP contribution is 2.18. The Balaban J connectivity index is 0.000000292. The van der Waals surface area contributed by atoms with Gasteiger partial charge in [0, 0.05) is 26.0 Å². The Morgan fingerprint density at radius 1 is 1.21 bits per heavy atom. The van der Waals surface area contributed by atoms with Crippen LogP contribution in [0.2, 0.25) is 0 Å². The van der Waals surface area contributed by atoms with Crippen LogP contribution in [0, 0.1) is 20.8 Å². The van der Waals surface area contributed by atoms with E-state index in [2.05, 4.69) is 37.9 Å². The molecule has 1 aromatic rings. The first kappa shape index (κ1) is 13.3. The molecule has 0 saturated heterocycles. The topological polar surface area (TPSA) is 94.7 Å². The lowest BCUT2D eigenvalue weighted by atomic mass is 10.2. The predicted octanol–water partition coefficient (Wildman–Crippen LogP) is -0.135. The van der Waals surface area contributed by atoms with Crippen molar-refractivity contribution in [2.75, 3.05) is 0 Å². The maximum absolute atomic E-state index is 8.77. The summed E-state index contributed by atoms with van der Waals surface area (Å²) in [6.45, 7) is 6.24. The van der Waals surface area contributed by atoms with Crippen molar-refractivity contribution in [3.05, 3.63) is 29.1 Å². The van der Waals surface area contributed by atoms with Crippen LogP contribution in [0.3, 0.4) is 0 Å². The molecule has 1 aromatic heterocycles. The first-order valence-corrected chi connectivity index (χ1v) is 5.45. The quantitative estimate of drug-likeness (QED) is 0.594. The highest BCUT2D eigenvalue weighted by molar-refractivity contribution is 7.43. The van der Waals surface area contributed by atoms with Crippen molar-refractivity contribution >= 4 is 7.82 Å². The van der Waals surface area contributed by atoms with E-state index in [1.807, 2.05) is 0 Å². The second kappa shape index (κ2) is 5.22. The minimum absolute atomic E-state index is 1.23. The first-order chi connectivity index (χ1) is 6.18. The maximum atomic E-state index is 8.77. The number of H-pyrrole nitrogens is 1. The van der Waals surface area contributed by atoms with Gasteiger partial charge in [-0.25, -0.2) is 4.98 Å². The molecule has 0 bridgehead atoms. The van der Waals surface area contributed by atoms with Crippen LogP contribution in [0.25, 0.3) is 0 Å². The van der Waals surface area contributed by atoms with Crippen LogP contribution in [0.5, 0.6) is 0 Å². The van der Waals surface area contributed by atoms with Crippen LogP contribution in [0.15, 0.2) is 12.1 Å². The molecule has 0 aromatic carbocycles. The summed E-state index contributed by atoms with van der Waals surface area (Å²) in [7, 11) is -4.89. The van der Waals surface area contributed by atoms with E-state index in [9.17, 15) is 0 Å². The minimum atomic E-state index is -4.89. The number of nitrogens with one attached hydrogen (secondary N) is 1. The largest absolute Gasteiger partial charge is 0.756 e. The van der Waals surface area contributed by atoms with Crippen molar-refractivity contribution in [1.29, 1.82) is 0 Å². The Labute approximate surface area is 82.7 Å². The average Bonchev–Trinajstić information content (AvgIpc) is 1.77. The molecule has 0 aliphatic heterocycles. The minimum Gasteiger partial charge on any atom is -0.756 e. The van der Waals surface area contributed by atoms with Gasteiger partial charge < -0.3 is 14.7 Å². The molecule has 14 heavy (non-hydrogen) atoms. The Kier molecular flexibility index (Phi) is 4.94. The summed E-state index contributed by atoms with van der Waals surface area (Å²) in [6.07, 6.45) is 0. The lowest BCUT2D eigenvalue weighted by Crippen LogP contribution is -2.11. The van der Waals surface area contributed by atoms with Crippen LogP contribution < -0.4 is 9.88 Å². The van der Waals surface area contributed by atoms with E-state index in [0.717, 1.165) is 0 Å². The molecule has 0 saturated carbocycles. The zero-order valence-electron chi connectivity index (χ0n) is 8.31. The molecule has 0 aliphatic carbocycles. The first-order valence-electron chi connectivity index (χ1n) is 3.92. The lowest BCUT2D eigenvalue weighted by molar-refractivity contribution is -0.396. The molecule has 80 valence electrons. The van der Waals surface area contributed by atoms with Gasteiger partial charge in [-0.1, -0.05) is 0 Å². The van der Waals surface area contributed by atoms with Gasteiger partial charge in [-0.3, -0.25) is 4.57 Å². The molecule has 3 N–H and O–H groups in total. The fourth-order valence-corrected chi connectivity index (χ4v) is 1.11. The summed E-state index contributed by atoms with van der Waals surface area (Å²) in [5.74, 6) is 0. The van der Waals surface area contributed by atoms with Gasteiger partial charge in [0.25, 0.3) is 7.82 Å². The van der Waals surface area contributed by atoms with Crippen LogP contribution in [0.4, 0.5) is 0 Å². The van der Waals surface area contributed by atoms with Crippen LogP contribution >= 0.6 is 7.82 Å². The second-order valence-electron chi connectivity index (χ2n) is 3.01. The molecule has 5 nitrogen and oxygen atoms in total. The molecule has 0 amide bonds. The third-order valence-corrected chi connectivity index (χ3v) is 1.28. The number of aryl methyl sites for hydroxylation is 3. The number of rotatable bonds is 0. The monoisotopic (exact) mass is 219 g/mol. The highest BCUT2D eigenvalue weighted by atomic mass is 31.2. The van der Waals surface area contributed by atoms with Gasteiger partial charge in [0.1, 0.15) is 0 Å². The number of hydrogen-bond acceptors (Lipinski definition) is 2. The van der Waals surface area contributed by atoms with Crippen molar-refractivity contribution in [2.24, 2.45) is 0 Å². The molecule has 0 radical (unpaired) electrons. The molecule has 0 fully saturated rings. The van der Waals surface area contributed by atoms with E-state index in [-0.39, 0.29) is 0 Å². The normalized spacial score (nSPS) is 10.4. The van der Waals surface area contributed by atoms with Crippen molar-refractivity contribution in [3.63, 3.8) is 0 Å². The van der Waals surface area contributed by atoms with Gasteiger partial charge in [-0.15, -0.1) is 0 Å². The summed E-state index contributed by atoms with van der Waals surface area (Å²) in [5.41, 5.74) is 3.78. The molecule has 1 heterocycles. The van der Waals surface area contributed by atoms with Crippen LogP contribution in [-0.2, 0) is 4.57 Å². The van der Waals surface area contributed by atoms with E-state index >= 15 is 0 Å². The van der Waals surface area contributed by atoms with Crippen LogP contribution in [0.1, 0.15) is 17.0 Å². The standard InChI is InChI=1S/C8H11N.H3O4P/c1-6-4-7(2)9-8(3)5-6;1-5(2,3)4/h4-5H,1-3H3;(H3,1,2,3,4). The smallest absolute Gasteiger partial charge is 0.262 e. The summed E-state index contributed by atoms with van der Waals surface area (Å²) in [4.78, 5) is 26.1. The van der Waals surface area contributed by atoms with E-state index in [0.29, 0.717) is 0 Å². The summed E-state index contributed by atoms with van der Waals surface area (Å²) < 4.78 is 8.77. The van der Waals surface area contributed by atoms with Gasteiger partial charge in [-0.2, -0.15) is 0 Å². The average molecular weight is 219 g/mol. The van der Waals surface area contributed by atoms with Crippen molar-refractivity contribution < 1.29 is 24.2 Å². The summed E-state index contributed by atoms with van der Waals surface area (Å²) >= 11 is 0. The molecular weight excluding hydrogens is 205 g/mol. The Morgan fingerprint density at radius 2 is 1.50 bits per heavy atom. The Hall–Kier alpha value is -0.740. The van der Waals surface area contributed by atoms with Crippen molar-refractivity contribution in [3.8, 4) is 0 Å². The summed E-state index contributed by atoms with van der Waals surface area (Å²) in [6, 6.07) is 4.26. The second-order valence-corrected chi connectivity index (χ2v) is 4.00. The zero-order chi connectivity index (χ0) is 11.4. The molecule has 0 unspecified atom stereocenters. The van der Waals surface area contributed by atoms with E-state index in [4.69, 9.17) is 19.2 Å². The molecule has 6 heteroatoms. The van der Waals surface area contributed by atoms with E-state index in [1.165, 1.54) is 17.0 Å². The maximum Gasteiger partial charge on any atom is 0.262 e. The number of pyridine rings is 1. The van der Waals surface area contributed by atoms with Crippen molar-refractivity contribution in [2.45, 2.75) is 20.8 Å². The number of hydrogen-bond donors (Lipinski definition) is 2. The van der Waals surface area contributed by atoms with E-state index < -0.39 is 7.82 Å². The number of aromatic nitrogens is 1. The van der Waals surface area contributed by atoms with Gasteiger partial charge in [0.15, 0.2) is 11.4 Å². The van der Waals surface area contributed by atoms with Gasteiger partial charge >= 0.3 is 0 Å². The van der Waals surface area contributed by atoms with Gasteiger partial charge in [0.2, 0.25) is 0 Å². The molecule has 0 atom stereocenters. The molecule has 0 spiro atoms. The van der Waals surface area contributed by atoms with Crippen molar-refractivity contribution in [1.82, 2.24) is 0 Å². The zero-order valence-corrected chi connectivity index (χ0v) is 9.21. The van der Waals surface area contributed by atoms with Gasteiger partial charge in [-0.05, 0) is 12.5 Å².